The highest BCUT2D eigenvalue weighted by molar-refractivity contribution is 4.77. The Labute approximate surface area is 59.2 Å². The number of hydrogen-bond donors (Lipinski definition) is 1. The van der Waals surface area contributed by atoms with Crippen molar-refractivity contribution in [1.82, 2.24) is 10.2 Å². The summed E-state index contributed by atoms with van der Waals surface area (Å²) in [6, 6.07) is 0. The van der Waals surface area contributed by atoms with Crippen molar-refractivity contribution in [2.45, 2.75) is 6.17 Å². The van der Waals surface area contributed by atoms with Crippen molar-refractivity contribution in [3.63, 3.8) is 0 Å². The van der Waals surface area contributed by atoms with Gasteiger partial charge in [-0.15, -0.1) is 0 Å². The minimum Gasteiger partial charge on any atom is -0.308 e. The van der Waals surface area contributed by atoms with Gasteiger partial charge in [0.2, 0.25) is 0 Å². The van der Waals surface area contributed by atoms with E-state index in [1.807, 2.05) is 0 Å². The van der Waals surface area contributed by atoms with E-state index < -0.39 is 6.17 Å². The molecule has 10 heavy (non-hydrogen) atoms. The van der Waals surface area contributed by atoms with Crippen LogP contribution in [0.2, 0.25) is 0 Å². The van der Waals surface area contributed by atoms with Gasteiger partial charge in [-0.05, 0) is 7.05 Å². The lowest BCUT2D eigenvalue weighted by molar-refractivity contribution is -0.546. The van der Waals surface area contributed by atoms with Crippen LogP contribution < -0.4 is 5.32 Å². The van der Waals surface area contributed by atoms with Gasteiger partial charge in [0.05, 0.1) is 6.54 Å². The van der Waals surface area contributed by atoms with Crippen LogP contribution in [0, 0.1) is 16.7 Å². The second-order valence-corrected chi connectivity index (χ2v) is 2.27. The zero-order valence-corrected chi connectivity index (χ0v) is 5.78. The molecule has 0 aromatic carbocycles. The first kappa shape index (κ1) is 7.43. The monoisotopic (exact) mass is 144 g/mol. The summed E-state index contributed by atoms with van der Waals surface area (Å²) in [7, 11) is 1.72. The summed E-state index contributed by atoms with van der Waals surface area (Å²) < 4.78 is 0. The molecule has 1 radical (unpaired) electrons. The SMILES string of the molecule is CN1[CH]CNCC1[N+](=O)[O-]. The first-order chi connectivity index (χ1) is 4.72. The lowest BCUT2D eigenvalue weighted by atomic mass is 10.3. The molecule has 0 amide bonds. The van der Waals surface area contributed by atoms with Crippen LogP contribution in [0.15, 0.2) is 0 Å². The molecule has 1 fully saturated rings. The Bertz CT molecular complexity index is 139. The quantitative estimate of drug-likeness (QED) is 0.390. The fourth-order valence-electron chi connectivity index (χ4n) is 0.910. The third kappa shape index (κ3) is 1.43. The highest BCUT2D eigenvalue weighted by Crippen LogP contribution is 2.02. The van der Waals surface area contributed by atoms with Crippen molar-refractivity contribution in [2.24, 2.45) is 0 Å². The predicted molar refractivity (Wildman–Crippen MR) is 35.7 cm³/mol. The van der Waals surface area contributed by atoms with E-state index >= 15 is 0 Å². The van der Waals surface area contributed by atoms with Crippen molar-refractivity contribution in [3.05, 3.63) is 16.7 Å². The number of nitrogens with zero attached hydrogens (tertiary/aromatic N) is 2. The zero-order valence-electron chi connectivity index (χ0n) is 5.78. The maximum absolute atomic E-state index is 10.3. The van der Waals surface area contributed by atoms with Gasteiger partial charge < -0.3 is 5.32 Å². The number of rotatable bonds is 1. The molecule has 0 bridgehead atoms. The Hall–Kier alpha value is -0.680. The average molecular weight is 144 g/mol. The van der Waals surface area contributed by atoms with Crippen molar-refractivity contribution in [3.8, 4) is 0 Å². The normalized spacial score (nSPS) is 28.3. The fraction of sp³-hybridized carbons (Fsp3) is 0.800. The second-order valence-electron chi connectivity index (χ2n) is 2.27. The summed E-state index contributed by atoms with van der Waals surface area (Å²) in [5.41, 5.74) is 0. The van der Waals surface area contributed by atoms with Gasteiger partial charge in [0.25, 0.3) is 6.17 Å². The van der Waals surface area contributed by atoms with E-state index in [9.17, 15) is 10.1 Å². The summed E-state index contributed by atoms with van der Waals surface area (Å²) in [4.78, 5) is 11.6. The van der Waals surface area contributed by atoms with E-state index in [0.29, 0.717) is 6.54 Å². The van der Waals surface area contributed by atoms with Gasteiger partial charge in [0, 0.05) is 18.0 Å². The molecule has 1 rings (SSSR count). The topological polar surface area (TPSA) is 58.4 Å². The lowest BCUT2D eigenvalue weighted by Crippen LogP contribution is -2.50. The van der Waals surface area contributed by atoms with Gasteiger partial charge in [0.15, 0.2) is 0 Å². The Balaban J connectivity index is 2.47. The Morgan fingerprint density at radius 2 is 2.60 bits per heavy atom. The standard InChI is InChI=1S/C5H10N3O2/c1-7-3-2-6-4-5(7)8(9)10/h3,5-6H,2,4H2,1H3. The number of hydrogen-bond acceptors (Lipinski definition) is 4. The minimum absolute atomic E-state index is 0.289. The van der Waals surface area contributed by atoms with Crippen LogP contribution in [0.25, 0.3) is 0 Å². The summed E-state index contributed by atoms with van der Waals surface area (Å²) in [6.45, 7) is 2.93. The summed E-state index contributed by atoms with van der Waals surface area (Å²) in [6.07, 6.45) is -0.589. The van der Waals surface area contributed by atoms with Crippen molar-refractivity contribution in [2.75, 3.05) is 20.1 Å². The van der Waals surface area contributed by atoms with Crippen molar-refractivity contribution >= 4 is 0 Å². The molecule has 0 spiro atoms. The van der Waals surface area contributed by atoms with E-state index in [-0.39, 0.29) is 4.92 Å². The van der Waals surface area contributed by atoms with Crippen LogP contribution in [0.3, 0.4) is 0 Å². The zero-order chi connectivity index (χ0) is 7.56. The number of nitro groups is 1. The Kier molecular flexibility index (Phi) is 2.18. The number of piperazine rings is 1. The lowest BCUT2D eigenvalue weighted by Gasteiger charge is -2.25. The van der Waals surface area contributed by atoms with E-state index in [1.54, 1.807) is 18.5 Å². The first-order valence-corrected chi connectivity index (χ1v) is 3.11. The van der Waals surface area contributed by atoms with Gasteiger partial charge in [-0.2, -0.15) is 0 Å². The third-order valence-corrected chi connectivity index (χ3v) is 1.56. The largest absolute Gasteiger partial charge is 0.308 e. The average Bonchev–Trinajstić information content (AvgIpc) is 1.88. The van der Waals surface area contributed by atoms with E-state index in [2.05, 4.69) is 5.32 Å². The molecule has 1 aliphatic heterocycles. The van der Waals surface area contributed by atoms with Crippen molar-refractivity contribution < 1.29 is 4.92 Å². The van der Waals surface area contributed by atoms with Crippen LogP contribution in [-0.4, -0.2) is 36.1 Å². The summed E-state index contributed by atoms with van der Waals surface area (Å²) >= 11 is 0. The van der Waals surface area contributed by atoms with Gasteiger partial charge in [-0.1, -0.05) is 0 Å². The molecule has 5 heteroatoms. The van der Waals surface area contributed by atoms with Gasteiger partial charge in [0.1, 0.15) is 0 Å². The van der Waals surface area contributed by atoms with Crippen molar-refractivity contribution in [1.29, 1.82) is 0 Å². The van der Waals surface area contributed by atoms with Gasteiger partial charge in [-0.25, -0.2) is 4.90 Å². The molecule has 1 N–H and O–H groups in total. The maximum atomic E-state index is 10.3. The molecule has 1 atom stereocenters. The Morgan fingerprint density at radius 3 is 3.00 bits per heavy atom. The molecule has 57 valence electrons. The highest BCUT2D eigenvalue weighted by atomic mass is 16.6. The molecule has 5 nitrogen and oxygen atoms in total. The smallest absolute Gasteiger partial charge is 0.280 e. The maximum Gasteiger partial charge on any atom is 0.280 e. The molecule has 0 aromatic heterocycles. The molecule has 1 unspecified atom stereocenters. The molecule has 1 saturated heterocycles. The number of likely N-dealkylation sites (N-methyl/N-ethyl adjacent to an activating group) is 1. The molecule has 0 aromatic rings. The summed E-state index contributed by atoms with van der Waals surface area (Å²) in [5.74, 6) is 0. The van der Waals surface area contributed by atoms with Crippen LogP contribution in [0.1, 0.15) is 0 Å². The molecule has 0 saturated carbocycles. The minimum atomic E-state index is -0.589. The highest BCUT2D eigenvalue weighted by Gasteiger charge is 2.27. The predicted octanol–water partition coefficient (Wildman–Crippen LogP) is -0.714. The van der Waals surface area contributed by atoms with Crippen LogP contribution in [0.5, 0.6) is 0 Å². The van der Waals surface area contributed by atoms with E-state index in [0.717, 1.165) is 6.54 Å². The molecular weight excluding hydrogens is 134 g/mol. The van der Waals surface area contributed by atoms with Crippen LogP contribution in [-0.2, 0) is 0 Å². The fourth-order valence-corrected chi connectivity index (χ4v) is 0.910. The Morgan fingerprint density at radius 1 is 1.90 bits per heavy atom. The van der Waals surface area contributed by atoms with Gasteiger partial charge in [-0.3, -0.25) is 10.1 Å². The second kappa shape index (κ2) is 2.94. The summed E-state index contributed by atoms with van der Waals surface area (Å²) in [5, 5.41) is 13.2. The molecule has 1 heterocycles. The van der Waals surface area contributed by atoms with Gasteiger partial charge >= 0.3 is 0 Å². The molecule has 1 aliphatic rings. The van der Waals surface area contributed by atoms with E-state index in [1.165, 1.54) is 0 Å². The van der Waals surface area contributed by atoms with Crippen LogP contribution >= 0.6 is 0 Å². The van der Waals surface area contributed by atoms with E-state index in [4.69, 9.17) is 0 Å². The first-order valence-electron chi connectivity index (χ1n) is 3.11. The number of nitrogens with one attached hydrogen (secondary N) is 1. The molecule has 0 aliphatic carbocycles. The molecular formula is C5H10N3O2. The van der Waals surface area contributed by atoms with Crippen LogP contribution in [0.4, 0.5) is 0 Å². The third-order valence-electron chi connectivity index (χ3n) is 1.56.